The van der Waals surface area contributed by atoms with E-state index < -0.39 is 0 Å². The van der Waals surface area contributed by atoms with E-state index >= 15 is 0 Å². The standard InChI is InChI=1S/C46H54/c1-27-13-15-30(4)39(17-27)25-45-34(8)32(6)21-43(37(45)11)23-41-19-29(3)20-42(36(41)10)24-44-22-33(7)35(9)46(38(44)12)26-40-18-28(2)14-16-31(40)5/h13-22H,23-26H2,1-12H3. The molecule has 0 aromatic heterocycles. The monoisotopic (exact) mass is 606 g/mol. The summed E-state index contributed by atoms with van der Waals surface area (Å²) in [6.07, 6.45) is 3.93. The highest BCUT2D eigenvalue weighted by Gasteiger charge is 2.17. The second-order valence-electron chi connectivity index (χ2n) is 14.4. The smallest absolute Gasteiger partial charge is 0.00176 e. The predicted molar refractivity (Wildman–Crippen MR) is 200 cm³/mol. The molecule has 0 spiro atoms. The zero-order valence-electron chi connectivity index (χ0n) is 30.6. The minimum atomic E-state index is 0.969. The average Bonchev–Trinajstić information content (AvgIpc) is 3.00. The molecular weight excluding hydrogens is 553 g/mol. The second-order valence-corrected chi connectivity index (χ2v) is 14.4. The number of aryl methyl sites for hydroxylation is 7. The van der Waals surface area contributed by atoms with E-state index in [9.17, 15) is 0 Å². The lowest BCUT2D eigenvalue weighted by Gasteiger charge is -2.21. The van der Waals surface area contributed by atoms with E-state index in [4.69, 9.17) is 0 Å². The summed E-state index contributed by atoms with van der Waals surface area (Å²) in [7, 11) is 0. The summed E-state index contributed by atoms with van der Waals surface area (Å²) in [5, 5.41) is 0. The number of hydrogen-bond donors (Lipinski definition) is 0. The van der Waals surface area contributed by atoms with E-state index in [2.05, 4.69) is 144 Å². The van der Waals surface area contributed by atoms with Crippen molar-refractivity contribution in [2.24, 2.45) is 0 Å². The lowest BCUT2D eigenvalue weighted by atomic mass is 9.83. The van der Waals surface area contributed by atoms with Gasteiger partial charge < -0.3 is 0 Å². The molecule has 0 unspecified atom stereocenters. The molecule has 46 heavy (non-hydrogen) atoms. The van der Waals surface area contributed by atoms with Gasteiger partial charge in [0.2, 0.25) is 0 Å². The summed E-state index contributed by atoms with van der Waals surface area (Å²) >= 11 is 0. The van der Waals surface area contributed by atoms with Crippen LogP contribution in [0.1, 0.15) is 111 Å². The second kappa shape index (κ2) is 13.4. The van der Waals surface area contributed by atoms with E-state index in [0.717, 1.165) is 25.7 Å². The van der Waals surface area contributed by atoms with Crippen molar-refractivity contribution >= 4 is 0 Å². The van der Waals surface area contributed by atoms with Crippen LogP contribution in [0.25, 0.3) is 0 Å². The molecule has 0 aliphatic carbocycles. The Hall–Kier alpha value is -3.90. The Morgan fingerprint density at radius 3 is 1.02 bits per heavy atom. The summed E-state index contributed by atoms with van der Waals surface area (Å²) in [6.45, 7) is 27.4. The van der Waals surface area contributed by atoms with Gasteiger partial charge in [0.15, 0.2) is 0 Å². The van der Waals surface area contributed by atoms with Gasteiger partial charge in [-0.05, 0) is 203 Å². The zero-order valence-corrected chi connectivity index (χ0v) is 30.6. The highest BCUT2D eigenvalue weighted by Crippen LogP contribution is 2.32. The minimum Gasteiger partial charge on any atom is -0.0590 e. The summed E-state index contributed by atoms with van der Waals surface area (Å²) < 4.78 is 0. The molecule has 0 heteroatoms. The fourth-order valence-electron chi connectivity index (χ4n) is 7.43. The summed E-state index contributed by atoms with van der Waals surface area (Å²) in [6, 6.07) is 23.5. The zero-order chi connectivity index (χ0) is 33.4. The molecule has 0 saturated heterocycles. The van der Waals surface area contributed by atoms with E-state index in [0.29, 0.717) is 0 Å². The molecule has 0 aliphatic heterocycles. The molecule has 0 bridgehead atoms. The first-order valence-electron chi connectivity index (χ1n) is 17.1. The Kier molecular flexibility index (Phi) is 9.78. The summed E-state index contributed by atoms with van der Waals surface area (Å²) in [5.74, 6) is 0. The van der Waals surface area contributed by atoms with Crippen molar-refractivity contribution in [3.63, 3.8) is 0 Å². The summed E-state index contributed by atoms with van der Waals surface area (Å²) in [5.41, 5.74) is 28.5. The molecule has 0 nitrogen and oxygen atoms in total. The molecule has 0 saturated carbocycles. The molecule has 5 aromatic carbocycles. The Morgan fingerprint density at radius 1 is 0.283 bits per heavy atom. The molecule has 0 atom stereocenters. The van der Waals surface area contributed by atoms with Crippen LogP contribution in [0.15, 0.2) is 60.7 Å². The highest BCUT2D eigenvalue weighted by atomic mass is 14.2. The maximum Gasteiger partial charge on any atom is -0.00176 e. The van der Waals surface area contributed by atoms with Gasteiger partial charge in [-0.25, -0.2) is 0 Å². The van der Waals surface area contributed by atoms with Crippen molar-refractivity contribution in [1.82, 2.24) is 0 Å². The average molecular weight is 607 g/mol. The molecular formula is C46H54. The molecule has 0 radical (unpaired) electrons. The quantitative estimate of drug-likeness (QED) is 0.165. The van der Waals surface area contributed by atoms with Gasteiger partial charge >= 0.3 is 0 Å². The topological polar surface area (TPSA) is 0 Å². The van der Waals surface area contributed by atoms with E-state index in [1.165, 1.54) is 111 Å². The van der Waals surface area contributed by atoms with Crippen molar-refractivity contribution < 1.29 is 0 Å². The van der Waals surface area contributed by atoms with Gasteiger partial charge in [-0.3, -0.25) is 0 Å². The Labute approximate surface area is 279 Å². The fourth-order valence-corrected chi connectivity index (χ4v) is 7.43. The first-order valence-corrected chi connectivity index (χ1v) is 17.1. The third kappa shape index (κ3) is 6.92. The van der Waals surface area contributed by atoms with Crippen molar-refractivity contribution in [1.29, 1.82) is 0 Å². The van der Waals surface area contributed by atoms with Crippen LogP contribution in [-0.4, -0.2) is 0 Å². The lowest BCUT2D eigenvalue weighted by Crippen LogP contribution is -2.07. The van der Waals surface area contributed by atoms with E-state index in [1.807, 2.05) is 0 Å². The van der Waals surface area contributed by atoms with Crippen molar-refractivity contribution in [2.75, 3.05) is 0 Å². The number of hydrogen-bond acceptors (Lipinski definition) is 0. The predicted octanol–water partition coefficient (Wildman–Crippen LogP) is 11.8. The largest absolute Gasteiger partial charge is 0.0590 e. The van der Waals surface area contributed by atoms with Crippen molar-refractivity contribution in [3.8, 4) is 0 Å². The van der Waals surface area contributed by atoms with Crippen LogP contribution in [0.3, 0.4) is 0 Å². The number of benzene rings is 5. The van der Waals surface area contributed by atoms with Crippen molar-refractivity contribution in [2.45, 2.75) is 109 Å². The van der Waals surface area contributed by atoms with Crippen molar-refractivity contribution in [3.05, 3.63) is 172 Å². The van der Waals surface area contributed by atoms with E-state index in [-0.39, 0.29) is 0 Å². The highest BCUT2D eigenvalue weighted by molar-refractivity contribution is 5.53. The first-order chi connectivity index (χ1) is 21.7. The van der Waals surface area contributed by atoms with Gasteiger partial charge in [0.25, 0.3) is 0 Å². The minimum absolute atomic E-state index is 0.969. The van der Waals surface area contributed by atoms with Crippen LogP contribution in [0, 0.1) is 83.1 Å². The molecule has 0 amide bonds. The van der Waals surface area contributed by atoms with Gasteiger partial charge in [0.1, 0.15) is 0 Å². The van der Waals surface area contributed by atoms with Crippen LogP contribution in [0.5, 0.6) is 0 Å². The molecule has 5 aromatic rings. The molecule has 0 fully saturated rings. The number of rotatable bonds is 8. The third-order valence-corrected chi connectivity index (χ3v) is 11.0. The van der Waals surface area contributed by atoms with Gasteiger partial charge in [0, 0.05) is 0 Å². The van der Waals surface area contributed by atoms with E-state index in [1.54, 1.807) is 0 Å². The first kappa shape index (κ1) is 33.5. The third-order valence-electron chi connectivity index (χ3n) is 11.0. The Morgan fingerprint density at radius 2 is 0.630 bits per heavy atom. The van der Waals surface area contributed by atoms with Crippen LogP contribution < -0.4 is 0 Å². The van der Waals surface area contributed by atoms with Gasteiger partial charge in [0.05, 0.1) is 0 Å². The van der Waals surface area contributed by atoms with Gasteiger partial charge in [-0.15, -0.1) is 0 Å². The fraction of sp³-hybridized carbons (Fsp3) is 0.348. The van der Waals surface area contributed by atoms with Crippen LogP contribution in [-0.2, 0) is 25.7 Å². The SMILES string of the molecule is Cc1ccc(C)c(Cc2c(C)c(C)cc(Cc3cc(C)cc(Cc4cc(C)c(C)c(Cc5cc(C)ccc5C)c4C)c3C)c2C)c1. The lowest BCUT2D eigenvalue weighted by molar-refractivity contribution is 1.01. The molecule has 0 N–H and O–H groups in total. The van der Waals surface area contributed by atoms with Crippen LogP contribution in [0.4, 0.5) is 0 Å². The normalized spacial score (nSPS) is 11.4. The Balaban J connectivity index is 1.50. The molecule has 238 valence electrons. The maximum absolute atomic E-state index is 2.45. The summed E-state index contributed by atoms with van der Waals surface area (Å²) in [4.78, 5) is 0. The molecule has 0 heterocycles. The van der Waals surface area contributed by atoms with Crippen LogP contribution >= 0.6 is 0 Å². The van der Waals surface area contributed by atoms with Gasteiger partial charge in [-0.1, -0.05) is 77.4 Å². The molecule has 0 aliphatic rings. The van der Waals surface area contributed by atoms with Gasteiger partial charge in [-0.2, -0.15) is 0 Å². The molecule has 5 rings (SSSR count). The maximum atomic E-state index is 2.45. The Bertz CT molecular complexity index is 1810. The van der Waals surface area contributed by atoms with Crippen LogP contribution in [0.2, 0.25) is 0 Å².